The van der Waals surface area contributed by atoms with E-state index in [1.807, 2.05) is 4.90 Å². The van der Waals surface area contributed by atoms with Crippen molar-refractivity contribution in [1.29, 1.82) is 0 Å². The van der Waals surface area contributed by atoms with Crippen molar-refractivity contribution in [3.8, 4) is 5.75 Å². The van der Waals surface area contributed by atoms with Crippen molar-refractivity contribution in [3.63, 3.8) is 0 Å². The van der Waals surface area contributed by atoms with Gasteiger partial charge in [0, 0.05) is 33.3 Å². The van der Waals surface area contributed by atoms with E-state index in [0.717, 1.165) is 29.7 Å². The second-order valence-corrected chi connectivity index (χ2v) is 10.0. The van der Waals surface area contributed by atoms with E-state index < -0.39 is 10.0 Å². The van der Waals surface area contributed by atoms with E-state index in [1.165, 1.54) is 46.9 Å². The molecule has 6 nitrogen and oxygen atoms in total. The van der Waals surface area contributed by atoms with Crippen LogP contribution in [0.1, 0.15) is 37.7 Å². The van der Waals surface area contributed by atoms with Crippen LogP contribution in [0, 0.1) is 11.8 Å². The SMILES string of the molecule is COc1ccc(/C=C/C(=O)N2CC[C@@H]3CCCC[C@@H]3C2)cc1S(=O)(=O)N(C)C. The lowest BCUT2D eigenvalue weighted by molar-refractivity contribution is -0.128. The lowest BCUT2D eigenvalue weighted by Crippen LogP contribution is -2.44. The summed E-state index contributed by atoms with van der Waals surface area (Å²) >= 11 is 0. The monoisotopic (exact) mass is 406 g/mol. The number of methoxy groups -OCH3 is 1. The second-order valence-electron chi connectivity index (χ2n) is 7.91. The standard InChI is InChI=1S/C21H30N2O4S/c1-22(2)28(25,26)20-14-16(8-10-19(20)27-3)9-11-21(24)23-13-12-17-6-4-5-7-18(17)15-23/h8-11,14,17-18H,4-7,12-13,15H2,1-3H3/b11-9+/t17-,18+/m0/s1. The molecule has 1 saturated heterocycles. The number of carbonyl (C=O) groups excluding carboxylic acids is 1. The van der Waals surface area contributed by atoms with Gasteiger partial charge in [0.05, 0.1) is 7.11 Å². The Bertz CT molecular complexity index is 848. The Morgan fingerprint density at radius 3 is 2.57 bits per heavy atom. The van der Waals surface area contributed by atoms with Crippen LogP contribution in [0.3, 0.4) is 0 Å². The van der Waals surface area contributed by atoms with Gasteiger partial charge in [-0.05, 0) is 48.4 Å². The number of sulfonamides is 1. The smallest absolute Gasteiger partial charge is 0.246 e. The molecule has 1 aliphatic heterocycles. The number of carbonyl (C=O) groups is 1. The van der Waals surface area contributed by atoms with Crippen molar-refractivity contribution in [1.82, 2.24) is 9.21 Å². The van der Waals surface area contributed by atoms with E-state index in [-0.39, 0.29) is 16.6 Å². The number of benzene rings is 1. The van der Waals surface area contributed by atoms with Gasteiger partial charge in [-0.3, -0.25) is 4.79 Å². The highest BCUT2D eigenvalue weighted by atomic mass is 32.2. The predicted octanol–water partition coefficient (Wildman–Crippen LogP) is 3.00. The summed E-state index contributed by atoms with van der Waals surface area (Å²) in [6.45, 7) is 1.66. The molecule has 28 heavy (non-hydrogen) atoms. The number of rotatable bonds is 5. The maximum atomic E-state index is 12.6. The maximum absolute atomic E-state index is 12.6. The van der Waals surface area contributed by atoms with Gasteiger partial charge in [0.2, 0.25) is 15.9 Å². The topological polar surface area (TPSA) is 66.9 Å². The highest BCUT2D eigenvalue weighted by Gasteiger charge is 2.32. The molecule has 7 heteroatoms. The fourth-order valence-corrected chi connectivity index (χ4v) is 5.35. The summed E-state index contributed by atoms with van der Waals surface area (Å²) in [5, 5.41) is 0. The molecule has 1 saturated carbocycles. The van der Waals surface area contributed by atoms with Crippen LogP contribution < -0.4 is 4.74 Å². The molecular formula is C21H30N2O4S. The van der Waals surface area contributed by atoms with Gasteiger partial charge in [-0.25, -0.2) is 12.7 Å². The van der Waals surface area contributed by atoms with E-state index in [0.29, 0.717) is 11.5 Å². The van der Waals surface area contributed by atoms with Crippen LogP contribution in [0.25, 0.3) is 6.08 Å². The Hall–Kier alpha value is -1.86. The molecule has 154 valence electrons. The minimum absolute atomic E-state index is 0.00291. The van der Waals surface area contributed by atoms with Gasteiger partial charge >= 0.3 is 0 Å². The number of nitrogens with zero attached hydrogens (tertiary/aromatic N) is 2. The van der Waals surface area contributed by atoms with Crippen LogP contribution in [0.15, 0.2) is 29.2 Å². The van der Waals surface area contributed by atoms with Gasteiger partial charge in [0.25, 0.3) is 0 Å². The molecule has 0 aromatic heterocycles. The molecule has 2 atom stereocenters. The Kier molecular flexibility index (Phi) is 6.45. The molecule has 0 radical (unpaired) electrons. The van der Waals surface area contributed by atoms with E-state index in [9.17, 15) is 13.2 Å². The van der Waals surface area contributed by atoms with Crippen molar-refractivity contribution < 1.29 is 17.9 Å². The number of ether oxygens (including phenoxy) is 1. The average Bonchev–Trinajstić information content (AvgIpc) is 2.71. The van der Waals surface area contributed by atoms with Crippen LogP contribution in [-0.4, -0.2) is 57.8 Å². The van der Waals surface area contributed by atoms with Gasteiger partial charge in [-0.2, -0.15) is 0 Å². The Morgan fingerprint density at radius 1 is 1.18 bits per heavy atom. The van der Waals surface area contributed by atoms with E-state index in [4.69, 9.17) is 4.74 Å². The number of piperidine rings is 1. The van der Waals surface area contributed by atoms with Gasteiger partial charge < -0.3 is 9.64 Å². The minimum atomic E-state index is -3.64. The first-order valence-corrected chi connectivity index (χ1v) is 11.3. The number of likely N-dealkylation sites (tertiary alicyclic amines) is 1. The van der Waals surface area contributed by atoms with E-state index >= 15 is 0 Å². The molecule has 2 aliphatic rings. The fourth-order valence-electron chi connectivity index (χ4n) is 4.27. The van der Waals surface area contributed by atoms with Crippen molar-refractivity contribution in [2.75, 3.05) is 34.3 Å². The summed E-state index contributed by atoms with van der Waals surface area (Å²) in [6, 6.07) is 4.92. The van der Waals surface area contributed by atoms with Crippen LogP contribution in [0.4, 0.5) is 0 Å². The zero-order chi connectivity index (χ0) is 20.3. The summed E-state index contributed by atoms with van der Waals surface area (Å²) in [7, 11) is 0.771. The molecule has 1 aliphatic carbocycles. The molecule has 0 spiro atoms. The minimum Gasteiger partial charge on any atom is -0.495 e. The molecular weight excluding hydrogens is 376 g/mol. The molecule has 1 heterocycles. The number of amides is 1. The molecule has 0 bridgehead atoms. The van der Waals surface area contributed by atoms with Crippen LogP contribution in [0.5, 0.6) is 5.75 Å². The molecule has 1 aromatic carbocycles. The first kappa shape index (κ1) is 20.9. The Morgan fingerprint density at radius 2 is 1.89 bits per heavy atom. The Balaban J connectivity index is 1.74. The molecule has 0 unspecified atom stereocenters. The first-order chi connectivity index (χ1) is 13.3. The van der Waals surface area contributed by atoms with Crippen molar-refractivity contribution in [3.05, 3.63) is 29.8 Å². The average molecular weight is 407 g/mol. The largest absolute Gasteiger partial charge is 0.495 e. The third-order valence-corrected chi connectivity index (χ3v) is 7.80. The van der Waals surface area contributed by atoms with Crippen LogP contribution in [0.2, 0.25) is 0 Å². The van der Waals surface area contributed by atoms with E-state index in [1.54, 1.807) is 30.4 Å². The van der Waals surface area contributed by atoms with Gasteiger partial charge in [0.15, 0.2) is 0 Å². The lowest BCUT2D eigenvalue weighted by atomic mass is 9.75. The maximum Gasteiger partial charge on any atom is 0.246 e. The lowest BCUT2D eigenvalue weighted by Gasteiger charge is -2.41. The third kappa shape index (κ3) is 4.41. The second kappa shape index (κ2) is 8.66. The fraction of sp³-hybridized carbons (Fsp3) is 0.571. The summed E-state index contributed by atoms with van der Waals surface area (Å²) in [5.74, 6) is 1.70. The molecule has 1 amide bonds. The highest BCUT2D eigenvalue weighted by Crippen LogP contribution is 2.36. The number of hydrogen-bond acceptors (Lipinski definition) is 4. The number of hydrogen-bond donors (Lipinski definition) is 0. The number of fused-ring (bicyclic) bond motifs is 1. The first-order valence-electron chi connectivity index (χ1n) is 9.90. The zero-order valence-electron chi connectivity index (χ0n) is 16.9. The molecule has 0 N–H and O–H groups in total. The molecule has 1 aromatic rings. The van der Waals surface area contributed by atoms with E-state index in [2.05, 4.69) is 0 Å². The highest BCUT2D eigenvalue weighted by molar-refractivity contribution is 7.89. The molecule has 2 fully saturated rings. The van der Waals surface area contributed by atoms with Crippen LogP contribution >= 0.6 is 0 Å². The quantitative estimate of drug-likeness (QED) is 0.705. The predicted molar refractivity (Wildman–Crippen MR) is 110 cm³/mol. The normalized spacial score (nSPS) is 23.1. The third-order valence-electron chi connectivity index (χ3n) is 5.97. The summed E-state index contributed by atoms with van der Waals surface area (Å²) < 4.78 is 31.4. The summed E-state index contributed by atoms with van der Waals surface area (Å²) in [5.41, 5.74) is 0.655. The summed E-state index contributed by atoms with van der Waals surface area (Å²) in [6.07, 6.45) is 9.46. The Labute approximate surface area is 168 Å². The van der Waals surface area contributed by atoms with Crippen molar-refractivity contribution in [2.45, 2.75) is 37.0 Å². The zero-order valence-corrected chi connectivity index (χ0v) is 17.7. The van der Waals surface area contributed by atoms with Gasteiger partial charge in [-0.15, -0.1) is 0 Å². The van der Waals surface area contributed by atoms with Crippen LogP contribution in [-0.2, 0) is 14.8 Å². The van der Waals surface area contributed by atoms with Crippen molar-refractivity contribution >= 4 is 22.0 Å². The summed E-state index contributed by atoms with van der Waals surface area (Å²) in [4.78, 5) is 14.7. The molecule has 3 rings (SSSR count). The van der Waals surface area contributed by atoms with Gasteiger partial charge in [0.1, 0.15) is 10.6 Å². The van der Waals surface area contributed by atoms with Gasteiger partial charge in [-0.1, -0.05) is 25.3 Å². The van der Waals surface area contributed by atoms with Crippen molar-refractivity contribution in [2.24, 2.45) is 11.8 Å².